The number of fused-ring (bicyclic) bond motifs is 1. The summed E-state index contributed by atoms with van der Waals surface area (Å²) in [5.41, 5.74) is 1.49. The summed E-state index contributed by atoms with van der Waals surface area (Å²) in [6.07, 6.45) is 2.18. The van der Waals surface area contributed by atoms with E-state index in [2.05, 4.69) is 36.1 Å². The standard InChI is InChI=1S/C12H17N7O/c1-2-7-9-10(15-6-16-11(9)19-18-7)17-12(20)8-5-13-3-4-14-8/h6,8,13-14H,2-5H2,1H3,(H2,15,16,17,18,19,20). The number of aryl methyl sites for hydroxylation is 1. The lowest BCUT2D eigenvalue weighted by atomic mass is 10.2. The molecule has 3 heterocycles. The summed E-state index contributed by atoms with van der Waals surface area (Å²) in [5.74, 6) is 0.415. The fourth-order valence-electron chi connectivity index (χ4n) is 2.31. The minimum absolute atomic E-state index is 0.0968. The highest BCUT2D eigenvalue weighted by Gasteiger charge is 2.22. The first-order chi connectivity index (χ1) is 9.79. The van der Waals surface area contributed by atoms with E-state index in [9.17, 15) is 4.79 Å². The third kappa shape index (κ3) is 2.35. The van der Waals surface area contributed by atoms with E-state index in [0.29, 0.717) is 18.0 Å². The lowest BCUT2D eigenvalue weighted by molar-refractivity contribution is -0.118. The highest BCUT2D eigenvalue weighted by Crippen LogP contribution is 2.21. The molecule has 4 N–H and O–H groups in total. The molecule has 1 aliphatic heterocycles. The van der Waals surface area contributed by atoms with Gasteiger partial charge in [-0.25, -0.2) is 9.97 Å². The molecule has 0 radical (unpaired) electrons. The maximum atomic E-state index is 12.2. The zero-order valence-electron chi connectivity index (χ0n) is 11.2. The SMILES string of the molecule is CCc1[nH]nc2ncnc(NC(=O)C3CNCCN3)c12. The van der Waals surface area contributed by atoms with Crippen molar-refractivity contribution in [3.8, 4) is 0 Å². The van der Waals surface area contributed by atoms with Crippen LogP contribution in [0.1, 0.15) is 12.6 Å². The number of aromatic amines is 1. The third-order valence-electron chi connectivity index (χ3n) is 3.38. The molecule has 0 bridgehead atoms. The molecule has 2 aromatic rings. The number of nitrogens with one attached hydrogen (secondary N) is 4. The van der Waals surface area contributed by atoms with Crippen LogP contribution in [0.4, 0.5) is 5.82 Å². The van der Waals surface area contributed by atoms with Gasteiger partial charge >= 0.3 is 0 Å². The largest absolute Gasteiger partial charge is 0.313 e. The number of carbonyl (C=O) groups excluding carboxylic acids is 1. The van der Waals surface area contributed by atoms with E-state index < -0.39 is 0 Å². The van der Waals surface area contributed by atoms with Crippen molar-refractivity contribution in [2.24, 2.45) is 0 Å². The van der Waals surface area contributed by atoms with Crippen molar-refractivity contribution in [1.29, 1.82) is 0 Å². The molecule has 1 atom stereocenters. The summed E-state index contributed by atoms with van der Waals surface area (Å²) in [4.78, 5) is 20.5. The lowest BCUT2D eigenvalue weighted by Gasteiger charge is -2.23. The Balaban J connectivity index is 1.86. The summed E-state index contributed by atoms with van der Waals surface area (Å²) in [7, 11) is 0. The Morgan fingerprint density at radius 3 is 3.10 bits per heavy atom. The summed E-state index contributed by atoms with van der Waals surface area (Å²) >= 11 is 0. The van der Waals surface area contributed by atoms with Crippen LogP contribution in [0.15, 0.2) is 6.33 Å². The van der Waals surface area contributed by atoms with Gasteiger partial charge in [-0.2, -0.15) is 5.10 Å². The summed E-state index contributed by atoms with van der Waals surface area (Å²) in [5, 5.41) is 17.0. The summed E-state index contributed by atoms with van der Waals surface area (Å²) in [6, 6.07) is -0.245. The molecule has 1 aliphatic rings. The monoisotopic (exact) mass is 275 g/mol. The van der Waals surface area contributed by atoms with E-state index >= 15 is 0 Å². The van der Waals surface area contributed by atoms with Crippen molar-refractivity contribution < 1.29 is 4.79 Å². The molecule has 1 amide bonds. The topological polar surface area (TPSA) is 108 Å². The zero-order chi connectivity index (χ0) is 13.9. The molecule has 20 heavy (non-hydrogen) atoms. The van der Waals surface area contributed by atoms with Gasteiger partial charge in [0.2, 0.25) is 5.91 Å². The van der Waals surface area contributed by atoms with Crippen molar-refractivity contribution in [2.45, 2.75) is 19.4 Å². The number of anilines is 1. The second-order valence-corrected chi connectivity index (χ2v) is 4.68. The van der Waals surface area contributed by atoms with Crippen LogP contribution in [-0.4, -0.2) is 51.7 Å². The maximum Gasteiger partial charge on any atom is 0.243 e. The van der Waals surface area contributed by atoms with E-state index in [0.717, 1.165) is 30.6 Å². The van der Waals surface area contributed by atoms with Crippen molar-refractivity contribution in [3.63, 3.8) is 0 Å². The minimum atomic E-state index is -0.245. The maximum absolute atomic E-state index is 12.2. The van der Waals surface area contributed by atoms with Gasteiger partial charge in [0, 0.05) is 25.3 Å². The van der Waals surface area contributed by atoms with Crippen LogP contribution in [0.2, 0.25) is 0 Å². The Hall–Kier alpha value is -2.06. The van der Waals surface area contributed by atoms with Gasteiger partial charge in [-0.15, -0.1) is 0 Å². The van der Waals surface area contributed by atoms with Crippen LogP contribution >= 0.6 is 0 Å². The Labute approximate surface area is 115 Å². The average molecular weight is 275 g/mol. The van der Waals surface area contributed by atoms with Crippen LogP contribution in [0.5, 0.6) is 0 Å². The lowest BCUT2D eigenvalue weighted by Crippen LogP contribution is -2.54. The fourth-order valence-corrected chi connectivity index (χ4v) is 2.31. The molecule has 0 saturated carbocycles. The van der Waals surface area contributed by atoms with Crippen LogP contribution in [0, 0.1) is 0 Å². The Morgan fingerprint density at radius 1 is 1.45 bits per heavy atom. The first kappa shape index (κ1) is 12.9. The molecular weight excluding hydrogens is 258 g/mol. The number of piperazine rings is 1. The van der Waals surface area contributed by atoms with Gasteiger partial charge in [0.25, 0.3) is 0 Å². The predicted molar refractivity (Wildman–Crippen MR) is 74.4 cm³/mol. The number of hydrogen-bond acceptors (Lipinski definition) is 6. The first-order valence-corrected chi connectivity index (χ1v) is 6.72. The number of nitrogens with zero attached hydrogens (tertiary/aromatic N) is 3. The highest BCUT2D eigenvalue weighted by molar-refractivity contribution is 6.01. The summed E-state index contributed by atoms with van der Waals surface area (Å²) < 4.78 is 0. The molecular formula is C12H17N7O. The van der Waals surface area contributed by atoms with E-state index in [-0.39, 0.29) is 11.9 Å². The summed E-state index contributed by atoms with van der Waals surface area (Å²) in [6.45, 7) is 4.29. The number of amides is 1. The Kier molecular flexibility index (Phi) is 3.57. The predicted octanol–water partition coefficient (Wildman–Crippen LogP) is -0.585. The van der Waals surface area contributed by atoms with Crippen molar-refractivity contribution in [2.75, 3.05) is 25.0 Å². The molecule has 1 fully saturated rings. The smallest absolute Gasteiger partial charge is 0.243 e. The second kappa shape index (κ2) is 5.51. The number of aromatic nitrogens is 4. The molecule has 8 heteroatoms. The van der Waals surface area contributed by atoms with Gasteiger partial charge in [0.15, 0.2) is 5.65 Å². The molecule has 106 valence electrons. The molecule has 3 rings (SSSR count). The van der Waals surface area contributed by atoms with Gasteiger partial charge in [0.1, 0.15) is 12.1 Å². The molecule has 2 aromatic heterocycles. The zero-order valence-corrected chi connectivity index (χ0v) is 11.2. The van der Waals surface area contributed by atoms with E-state index in [4.69, 9.17) is 0 Å². The quantitative estimate of drug-likeness (QED) is 0.596. The Bertz CT molecular complexity index is 617. The van der Waals surface area contributed by atoms with E-state index in [1.165, 1.54) is 6.33 Å². The molecule has 1 saturated heterocycles. The van der Waals surface area contributed by atoms with Gasteiger partial charge in [-0.3, -0.25) is 9.89 Å². The van der Waals surface area contributed by atoms with Gasteiger partial charge in [-0.1, -0.05) is 6.92 Å². The van der Waals surface area contributed by atoms with Crippen molar-refractivity contribution >= 4 is 22.8 Å². The molecule has 0 aliphatic carbocycles. The number of carbonyl (C=O) groups is 1. The molecule has 1 unspecified atom stereocenters. The third-order valence-corrected chi connectivity index (χ3v) is 3.38. The van der Waals surface area contributed by atoms with Crippen molar-refractivity contribution in [1.82, 2.24) is 30.8 Å². The van der Waals surface area contributed by atoms with Gasteiger partial charge in [0.05, 0.1) is 11.4 Å². The number of H-pyrrole nitrogens is 1. The van der Waals surface area contributed by atoms with Crippen LogP contribution in [-0.2, 0) is 11.2 Å². The van der Waals surface area contributed by atoms with Crippen LogP contribution in [0.25, 0.3) is 11.0 Å². The number of hydrogen-bond donors (Lipinski definition) is 4. The molecule has 0 spiro atoms. The molecule has 0 aromatic carbocycles. The molecule has 8 nitrogen and oxygen atoms in total. The van der Waals surface area contributed by atoms with Crippen molar-refractivity contribution in [3.05, 3.63) is 12.0 Å². The van der Waals surface area contributed by atoms with Crippen LogP contribution in [0.3, 0.4) is 0 Å². The van der Waals surface area contributed by atoms with Gasteiger partial charge in [-0.05, 0) is 6.42 Å². The second-order valence-electron chi connectivity index (χ2n) is 4.68. The van der Waals surface area contributed by atoms with E-state index in [1.54, 1.807) is 0 Å². The van der Waals surface area contributed by atoms with Crippen LogP contribution < -0.4 is 16.0 Å². The average Bonchev–Trinajstić information content (AvgIpc) is 2.92. The fraction of sp³-hybridized carbons (Fsp3) is 0.500. The normalized spacial score (nSPS) is 19.1. The number of rotatable bonds is 3. The Morgan fingerprint density at radius 2 is 2.35 bits per heavy atom. The first-order valence-electron chi connectivity index (χ1n) is 6.72. The van der Waals surface area contributed by atoms with Gasteiger partial charge < -0.3 is 16.0 Å². The minimum Gasteiger partial charge on any atom is -0.313 e. The highest BCUT2D eigenvalue weighted by atomic mass is 16.2. The van der Waals surface area contributed by atoms with E-state index in [1.807, 2.05) is 6.92 Å².